The van der Waals surface area contributed by atoms with Crippen LogP contribution in [0.5, 0.6) is 5.75 Å². The van der Waals surface area contributed by atoms with Crippen molar-refractivity contribution in [2.24, 2.45) is 5.92 Å². The van der Waals surface area contributed by atoms with E-state index >= 15 is 0 Å². The minimum atomic E-state index is -0.509. The molecule has 2 aromatic carbocycles. The molecule has 1 heterocycles. The molecule has 1 saturated heterocycles. The van der Waals surface area contributed by atoms with E-state index in [9.17, 15) is 14.7 Å². The highest BCUT2D eigenvalue weighted by molar-refractivity contribution is 5.95. The number of nitrogens with zero attached hydrogens (tertiary/aromatic N) is 2. The van der Waals surface area contributed by atoms with Crippen LogP contribution in [0.4, 0.5) is 5.69 Å². The molecule has 1 amide bonds. The van der Waals surface area contributed by atoms with Crippen LogP contribution < -0.4 is 15.0 Å². The number of carbonyl (C=O) groups excluding carboxylic acids is 2. The van der Waals surface area contributed by atoms with Crippen LogP contribution in [0.1, 0.15) is 41.8 Å². The molecule has 2 aromatic rings. The van der Waals surface area contributed by atoms with E-state index in [-0.39, 0.29) is 17.6 Å². The second-order valence-electron chi connectivity index (χ2n) is 9.60. The average Bonchev–Trinajstić information content (AvgIpc) is 2.85. The molecule has 3 rings (SSSR count). The zero-order valence-corrected chi connectivity index (χ0v) is 21.4. The van der Waals surface area contributed by atoms with E-state index in [2.05, 4.69) is 21.2 Å². The lowest BCUT2D eigenvalue weighted by molar-refractivity contribution is -0.121. The molecule has 7 heteroatoms. The van der Waals surface area contributed by atoms with Gasteiger partial charge in [0.1, 0.15) is 11.5 Å². The molecule has 0 radical (unpaired) electrons. The van der Waals surface area contributed by atoms with Crippen molar-refractivity contribution >= 4 is 17.4 Å². The van der Waals surface area contributed by atoms with Gasteiger partial charge in [-0.3, -0.25) is 14.5 Å². The number of nitrogens with one attached hydrogen (secondary N) is 1. The summed E-state index contributed by atoms with van der Waals surface area (Å²) in [5.41, 5.74) is 3.55. The van der Waals surface area contributed by atoms with E-state index in [4.69, 9.17) is 4.74 Å². The Morgan fingerprint density at radius 1 is 1.09 bits per heavy atom. The second kappa shape index (κ2) is 12.7. The predicted octanol–water partition coefficient (Wildman–Crippen LogP) is 3.07. The molecule has 35 heavy (non-hydrogen) atoms. The minimum absolute atomic E-state index is 0.0301. The van der Waals surface area contributed by atoms with Gasteiger partial charge in [-0.1, -0.05) is 32.0 Å². The third kappa shape index (κ3) is 7.54. The Morgan fingerprint density at radius 2 is 1.80 bits per heavy atom. The van der Waals surface area contributed by atoms with E-state index in [1.54, 1.807) is 13.2 Å². The summed E-state index contributed by atoms with van der Waals surface area (Å²) in [6.07, 6.45) is 0.321. The van der Waals surface area contributed by atoms with Crippen LogP contribution in [0.2, 0.25) is 0 Å². The van der Waals surface area contributed by atoms with Crippen molar-refractivity contribution in [2.75, 3.05) is 51.3 Å². The number of methoxy groups -OCH3 is 1. The summed E-state index contributed by atoms with van der Waals surface area (Å²) in [4.78, 5) is 29.3. The van der Waals surface area contributed by atoms with Crippen LogP contribution in [0.25, 0.3) is 0 Å². The number of aryl methyl sites for hydroxylation is 1. The molecule has 190 valence electrons. The van der Waals surface area contributed by atoms with Crippen LogP contribution >= 0.6 is 0 Å². The van der Waals surface area contributed by atoms with Crippen molar-refractivity contribution in [3.05, 3.63) is 59.2 Å². The molecule has 1 atom stereocenters. The summed E-state index contributed by atoms with van der Waals surface area (Å²) in [7, 11) is 1.69. The first-order chi connectivity index (χ1) is 16.8. The zero-order chi connectivity index (χ0) is 25.4. The van der Waals surface area contributed by atoms with Crippen LogP contribution in [-0.4, -0.2) is 74.2 Å². The van der Waals surface area contributed by atoms with Crippen LogP contribution in [0.15, 0.2) is 42.5 Å². The topological polar surface area (TPSA) is 82.1 Å². The van der Waals surface area contributed by atoms with E-state index in [1.165, 1.54) is 0 Å². The molecule has 0 aliphatic carbocycles. The number of Topliss-reactive ketones (excluding diaryl/α,β-unsaturated/α-hetero) is 1. The summed E-state index contributed by atoms with van der Waals surface area (Å²) in [5.74, 6) is 0.833. The van der Waals surface area contributed by atoms with Gasteiger partial charge in [-0.2, -0.15) is 0 Å². The number of rotatable bonds is 11. The van der Waals surface area contributed by atoms with Gasteiger partial charge in [-0.25, -0.2) is 0 Å². The number of benzene rings is 2. The van der Waals surface area contributed by atoms with Gasteiger partial charge in [0.05, 0.1) is 18.9 Å². The Hall–Kier alpha value is -2.90. The highest BCUT2D eigenvalue weighted by Crippen LogP contribution is 2.28. The summed E-state index contributed by atoms with van der Waals surface area (Å²) < 4.78 is 5.48. The number of amides is 1. The van der Waals surface area contributed by atoms with Gasteiger partial charge in [0.15, 0.2) is 0 Å². The maximum atomic E-state index is 12.6. The molecule has 7 nitrogen and oxygen atoms in total. The molecule has 1 fully saturated rings. The van der Waals surface area contributed by atoms with Gasteiger partial charge in [-0.15, -0.1) is 0 Å². The molecule has 0 bridgehead atoms. The standard InChI is InChI=1S/C28H39N3O4/c1-20(2)26(33)18-23-17-22(10-9-21(23)3)28(34)29-12-11-24(32)19-30-13-15-31(16-14-30)25-7-5-6-8-27(25)35-4/h5-10,17,20,24,32H,11-16,18-19H2,1-4H3,(H,29,34). The van der Waals surface area contributed by atoms with Gasteiger partial charge >= 0.3 is 0 Å². The summed E-state index contributed by atoms with van der Waals surface area (Å²) in [6.45, 7) is 10.2. The predicted molar refractivity (Wildman–Crippen MR) is 139 cm³/mol. The third-order valence-corrected chi connectivity index (χ3v) is 6.65. The molecule has 2 N–H and O–H groups in total. The van der Waals surface area contributed by atoms with Crippen molar-refractivity contribution in [1.82, 2.24) is 10.2 Å². The van der Waals surface area contributed by atoms with E-state index in [0.717, 1.165) is 48.7 Å². The first kappa shape index (κ1) is 26.7. The number of piperazine rings is 1. The normalized spacial score (nSPS) is 15.2. The highest BCUT2D eigenvalue weighted by atomic mass is 16.5. The number of aliphatic hydroxyl groups excluding tert-OH is 1. The number of aliphatic hydroxyl groups is 1. The van der Waals surface area contributed by atoms with Gasteiger partial charge in [0.2, 0.25) is 0 Å². The third-order valence-electron chi connectivity index (χ3n) is 6.65. The van der Waals surface area contributed by atoms with Crippen LogP contribution in [0, 0.1) is 12.8 Å². The largest absolute Gasteiger partial charge is 0.495 e. The lowest BCUT2D eigenvalue weighted by Gasteiger charge is -2.37. The number of β-amino-alcohol motifs (C(OH)–C–C–N with tert-alkyl or cyclic N) is 1. The number of para-hydroxylation sites is 2. The monoisotopic (exact) mass is 481 g/mol. The summed E-state index contributed by atoms with van der Waals surface area (Å²) in [5, 5.41) is 13.4. The first-order valence-corrected chi connectivity index (χ1v) is 12.5. The van der Waals surface area contributed by atoms with Crippen LogP contribution in [-0.2, 0) is 11.2 Å². The lowest BCUT2D eigenvalue weighted by Crippen LogP contribution is -2.49. The van der Waals surface area contributed by atoms with Crippen molar-refractivity contribution in [3.8, 4) is 5.75 Å². The van der Waals surface area contributed by atoms with E-state index in [1.807, 2.05) is 51.1 Å². The van der Waals surface area contributed by atoms with Crippen molar-refractivity contribution in [1.29, 1.82) is 0 Å². The molecule has 0 aromatic heterocycles. The number of ketones is 1. The van der Waals surface area contributed by atoms with Gasteiger partial charge < -0.3 is 20.1 Å². The minimum Gasteiger partial charge on any atom is -0.495 e. The average molecular weight is 482 g/mol. The number of anilines is 1. The molecule has 1 aliphatic heterocycles. The maximum absolute atomic E-state index is 12.6. The number of hydrogen-bond donors (Lipinski definition) is 2. The lowest BCUT2D eigenvalue weighted by atomic mass is 9.96. The van der Waals surface area contributed by atoms with Crippen molar-refractivity contribution in [3.63, 3.8) is 0 Å². The Bertz CT molecular complexity index is 999. The highest BCUT2D eigenvalue weighted by Gasteiger charge is 2.21. The van der Waals surface area contributed by atoms with Crippen molar-refractivity contribution < 1.29 is 19.4 Å². The van der Waals surface area contributed by atoms with E-state index in [0.29, 0.717) is 31.5 Å². The fourth-order valence-corrected chi connectivity index (χ4v) is 4.30. The second-order valence-corrected chi connectivity index (χ2v) is 9.60. The number of carbonyl (C=O) groups is 2. The van der Waals surface area contributed by atoms with Gasteiger partial charge in [-0.05, 0) is 48.7 Å². The quantitative estimate of drug-likeness (QED) is 0.513. The van der Waals surface area contributed by atoms with Crippen molar-refractivity contribution in [2.45, 2.75) is 39.7 Å². The summed E-state index contributed by atoms with van der Waals surface area (Å²) >= 11 is 0. The smallest absolute Gasteiger partial charge is 0.251 e. The van der Waals surface area contributed by atoms with E-state index < -0.39 is 6.10 Å². The molecular formula is C28H39N3O4. The Kier molecular flexibility index (Phi) is 9.69. The SMILES string of the molecule is COc1ccccc1N1CCN(CC(O)CCNC(=O)c2ccc(C)c(CC(=O)C(C)C)c2)CC1. The molecular weight excluding hydrogens is 442 g/mol. The zero-order valence-electron chi connectivity index (χ0n) is 21.4. The Balaban J connectivity index is 1.42. The molecule has 1 aliphatic rings. The fourth-order valence-electron chi connectivity index (χ4n) is 4.30. The van der Waals surface area contributed by atoms with Gasteiger partial charge in [0.25, 0.3) is 5.91 Å². The molecule has 0 spiro atoms. The maximum Gasteiger partial charge on any atom is 0.251 e. The van der Waals surface area contributed by atoms with Gasteiger partial charge in [0, 0.05) is 57.2 Å². The molecule has 1 unspecified atom stereocenters. The molecule has 0 saturated carbocycles. The first-order valence-electron chi connectivity index (χ1n) is 12.5. The fraction of sp³-hybridized carbons (Fsp3) is 0.500. The van der Waals surface area contributed by atoms with Crippen LogP contribution in [0.3, 0.4) is 0 Å². The number of ether oxygens (including phenoxy) is 1. The Labute approximate surface area is 209 Å². The summed E-state index contributed by atoms with van der Waals surface area (Å²) in [6, 6.07) is 13.5. The Morgan fingerprint density at radius 3 is 2.49 bits per heavy atom. The number of hydrogen-bond acceptors (Lipinski definition) is 6.